The number of nitrogens with one attached hydrogen (secondary N) is 1. The van der Waals surface area contributed by atoms with Crippen molar-refractivity contribution >= 4 is 28.4 Å². The van der Waals surface area contributed by atoms with Crippen molar-refractivity contribution in [2.75, 3.05) is 5.32 Å². The van der Waals surface area contributed by atoms with Crippen LogP contribution in [0.3, 0.4) is 0 Å². The summed E-state index contributed by atoms with van der Waals surface area (Å²) in [5.74, 6) is -1.90. The Balaban J connectivity index is 2.05. The van der Waals surface area contributed by atoms with Crippen LogP contribution in [-0.2, 0) is 9.59 Å². The molecule has 92 valence electrons. The molecule has 1 aliphatic carbocycles. The van der Waals surface area contributed by atoms with E-state index in [9.17, 15) is 9.59 Å². The zero-order valence-electron chi connectivity index (χ0n) is 9.29. The van der Waals surface area contributed by atoms with Crippen LogP contribution in [0.2, 0.25) is 0 Å². The predicted octanol–water partition coefficient (Wildman–Crippen LogP) is 1.22. The normalized spacial score (nSPS) is 27.9. The summed E-state index contributed by atoms with van der Waals surface area (Å²) >= 11 is 1.08. The molecule has 1 aliphatic rings. The number of amides is 1. The Labute approximate surface area is 102 Å². The van der Waals surface area contributed by atoms with Crippen molar-refractivity contribution in [2.24, 2.45) is 17.8 Å². The first kappa shape index (κ1) is 12.0. The number of nitrogens with zero attached hydrogens (tertiary/aromatic N) is 2. The summed E-state index contributed by atoms with van der Waals surface area (Å²) in [5.41, 5.74) is 0. The first-order chi connectivity index (χ1) is 8.08. The van der Waals surface area contributed by atoms with Crippen LogP contribution in [0.15, 0.2) is 6.20 Å². The van der Waals surface area contributed by atoms with E-state index in [2.05, 4.69) is 14.9 Å². The van der Waals surface area contributed by atoms with E-state index in [1.807, 2.05) is 6.92 Å². The van der Waals surface area contributed by atoms with Gasteiger partial charge in [0.1, 0.15) is 5.00 Å². The predicted molar refractivity (Wildman–Crippen MR) is 61.6 cm³/mol. The third-order valence-corrected chi connectivity index (χ3v) is 3.64. The van der Waals surface area contributed by atoms with Crippen LogP contribution >= 0.6 is 11.5 Å². The summed E-state index contributed by atoms with van der Waals surface area (Å²) in [6.45, 7) is 1.97. The minimum Gasteiger partial charge on any atom is -0.481 e. The first-order valence-corrected chi connectivity index (χ1v) is 6.16. The van der Waals surface area contributed by atoms with E-state index in [4.69, 9.17) is 5.11 Å². The van der Waals surface area contributed by atoms with Gasteiger partial charge in [-0.05, 0) is 18.8 Å². The van der Waals surface area contributed by atoms with E-state index in [0.717, 1.165) is 11.5 Å². The van der Waals surface area contributed by atoms with Gasteiger partial charge in [-0.1, -0.05) is 11.4 Å². The molecule has 0 saturated heterocycles. The number of carbonyl (C=O) groups is 2. The number of carboxylic acid groups (broad SMARTS) is 1. The number of anilines is 1. The SMILES string of the molecule is CC1C[C@H](C(=O)Nc2cnns2)[C@H](C(=O)O)C1. The Hall–Kier alpha value is -1.50. The molecule has 2 rings (SSSR count). The summed E-state index contributed by atoms with van der Waals surface area (Å²) < 4.78 is 3.63. The lowest BCUT2D eigenvalue weighted by molar-refractivity contribution is -0.145. The summed E-state index contributed by atoms with van der Waals surface area (Å²) in [4.78, 5) is 23.0. The molecule has 17 heavy (non-hydrogen) atoms. The Morgan fingerprint density at radius 1 is 1.47 bits per heavy atom. The standard InChI is InChI=1S/C10H13N3O3S/c1-5-2-6(7(3-5)10(15)16)9(14)12-8-4-11-13-17-8/h4-7H,2-3H2,1H3,(H,12,14)(H,15,16)/t5?,6-,7+/m0/s1. The molecular weight excluding hydrogens is 242 g/mol. The number of hydrogen-bond donors (Lipinski definition) is 2. The molecule has 1 aromatic heterocycles. The molecule has 1 heterocycles. The highest BCUT2D eigenvalue weighted by atomic mass is 32.1. The molecule has 2 N–H and O–H groups in total. The monoisotopic (exact) mass is 255 g/mol. The second-order valence-electron chi connectivity index (χ2n) is 4.40. The molecule has 0 aromatic carbocycles. The number of rotatable bonds is 3. The Morgan fingerprint density at radius 3 is 2.76 bits per heavy atom. The van der Waals surface area contributed by atoms with Gasteiger partial charge in [-0.3, -0.25) is 9.59 Å². The van der Waals surface area contributed by atoms with Crippen molar-refractivity contribution in [3.8, 4) is 0 Å². The second kappa shape index (κ2) is 4.79. The van der Waals surface area contributed by atoms with Crippen molar-refractivity contribution in [1.29, 1.82) is 0 Å². The zero-order valence-corrected chi connectivity index (χ0v) is 10.1. The second-order valence-corrected chi connectivity index (χ2v) is 5.18. The third kappa shape index (κ3) is 2.60. The highest BCUT2D eigenvalue weighted by Gasteiger charge is 2.41. The Morgan fingerprint density at radius 2 is 2.18 bits per heavy atom. The van der Waals surface area contributed by atoms with Crippen LogP contribution in [0, 0.1) is 17.8 Å². The van der Waals surface area contributed by atoms with Gasteiger partial charge in [0.2, 0.25) is 5.91 Å². The molecule has 0 aliphatic heterocycles. The van der Waals surface area contributed by atoms with Crippen LogP contribution in [0.4, 0.5) is 5.00 Å². The molecule has 0 spiro atoms. The molecule has 1 saturated carbocycles. The number of carbonyl (C=O) groups excluding carboxylic acids is 1. The summed E-state index contributed by atoms with van der Waals surface area (Å²) in [6.07, 6.45) is 2.64. The summed E-state index contributed by atoms with van der Waals surface area (Å²) in [7, 11) is 0. The molecule has 1 aromatic rings. The van der Waals surface area contributed by atoms with Gasteiger partial charge >= 0.3 is 5.97 Å². The van der Waals surface area contributed by atoms with Crippen LogP contribution in [-0.4, -0.2) is 26.6 Å². The smallest absolute Gasteiger partial charge is 0.307 e. The van der Waals surface area contributed by atoms with Gasteiger partial charge in [0.25, 0.3) is 0 Å². The molecule has 0 bridgehead atoms. The van der Waals surface area contributed by atoms with E-state index in [1.165, 1.54) is 6.20 Å². The van der Waals surface area contributed by atoms with Gasteiger partial charge in [0.15, 0.2) is 0 Å². The third-order valence-electron chi connectivity index (χ3n) is 3.06. The van der Waals surface area contributed by atoms with Gasteiger partial charge < -0.3 is 10.4 Å². The van der Waals surface area contributed by atoms with Gasteiger partial charge in [0, 0.05) is 11.5 Å². The highest BCUT2D eigenvalue weighted by Crippen LogP contribution is 2.37. The highest BCUT2D eigenvalue weighted by molar-refractivity contribution is 7.10. The van der Waals surface area contributed by atoms with Crippen LogP contribution in [0.25, 0.3) is 0 Å². The fraction of sp³-hybridized carbons (Fsp3) is 0.600. The number of carboxylic acids is 1. The maximum Gasteiger partial charge on any atom is 0.307 e. The van der Waals surface area contributed by atoms with Crippen LogP contribution < -0.4 is 5.32 Å². The number of aliphatic carboxylic acids is 1. The maximum atomic E-state index is 11.9. The molecule has 6 nitrogen and oxygen atoms in total. The van der Waals surface area contributed by atoms with E-state index in [-0.39, 0.29) is 11.8 Å². The Bertz CT molecular complexity index is 420. The fourth-order valence-electron chi connectivity index (χ4n) is 2.29. The number of hydrogen-bond acceptors (Lipinski definition) is 5. The van der Waals surface area contributed by atoms with Crippen LogP contribution in [0.1, 0.15) is 19.8 Å². The maximum absolute atomic E-state index is 11.9. The lowest BCUT2D eigenvalue weighted by Gasteiger charge is -2.14. The van der Waals surface area contributed by atoms with Crippen molar-refractivity contribution in [3.63, 3.8) is 0 Å². The number of aromatic nitrogens is 2. The van der Waals surface area contributed by atoms with E-state index in [1.54, 1.807) is 0 Å². The molecule has 7 heteroatoms. The lowest BCUT2D eigenvalue weighted by Crippen LogP contribution is -2.29. The van der Waals surface area contributed by atoms with Crippen molar-refractivity contribution in [2.45, 2.75) is 19.8 Å². The topological polar surface area (TPSA) is 92.2 Å². The zero-order chi connectivity index (χ0) is 12.4. The van der Waals surface area contributed by atoms with Gasteiger partial charge in [-0.15, -0.1) is 5.10 Å². The van der Waals surface area contributed by atoms with E-state index >= 15 is 0 Å². The largest absolute Gasteiger partial charge is 0.481 e. The lowest BCUT2D eigenvalue weighted by atomic mass is 9.95. The molecule has 1 unspecified atom stereocenters. The quantitative estimate of drug-likeness (QED) is 0.847. The average Bonchev–Trinajstić information content (AvgIpc) is 2.86. The Kier molecular flexibility index (Phi) is 3.37. The van der Waals surface area contributed by atoms with Gasteiger partial charge in [-0.25, -0.2) is 0 Å². The molecule has 0 radical (unpaired) electrons. The van der Waals surface area contributed by atoms with Gasteiger partial charge in [-0.2, -0.15) is 0 Å². The summed E-state index contributed by atoms with van der Waals surface area (Å²) in [6, 6.07) is 0. The van der Waals surface area contributed by atoms with Crippen molar-refractivity contribution in [3.05, 3.63) is 6.20 Å². The average molecular weight is 255 g/mol. The van der Waals surface area contributed by atoms with Crippen molar-refractivity contribution < 1.29 is 14.7 Å². The molecule has 1 fully saturated rings. The van der Waals surface area contributed by atoms with Crippen molar-refractivity contribution in [1.82, 2.24) is 9.59 Å². The fourth-order valence-corrected chi connectivity index (χ4v) is 2.71. The van der Waals surface area contributed by atoms with Gasteiger partial charge in [0.05, 0.1) is 18.0 Å². The minimum atomic E-state index is -0.892. The van der Waals surface area contributed by atoms with Crippen LogP contribution in [0.5, 0.6) is 0 Å². The van der Waals surface area contributed by atoms with E-state index < -0.39 is 17.8 Å². The first-order valence-electron chi connectivity index (χ1n) is 5.39. The molecular formula is C10H13N3O3S. The molecule has 3 atom stereocenters. The minimum absolute atomic E-state index is 0.243. The summed E-state index contributed by atoms with van der Waals surface area (Å²) in [5, 5.41) is 15.9. The molecule has 1 amide bonds. The van der Waals surface area contributed by atoms with E-state index in [0.29, 0.717) is 17.8 Å².